The smallest absolute Gasteiger partial charge is 0.328 e. The lowest BCUT2D eigenvalue weighted by Crippen LogP contribution is -2.43. The predicted molar refractivity (Wildman–Crippen MR) is 142 cm³/mol. The van der Waals surface area contributed by atoms with Crippen molar-refractivity contribution >= 4 is 35.1 Å². The fourth-order valence-electron chi connectivity index (χ4n) is 3.89. The summed E-state index contributed by atoms with van der Waals surface area (Å²) in [6.07, 6.45) is 0.108. The fourth-order valence-corrected chi connectivity index (χ4v) is 4.25. The number of phenolic OH excluding ortho intramolecular Hbond substituents is 1. The van der Waals surface area contributed by atoms with Gasteiger partial charge in [-0.3, -0.25) is 4.79 Å². The number of benzene rings is 4. The summed E-state index contributed by atoms with van der Waals surface area (Å²) in [6.45, 7) is 0. The Hall–Kier alpha value is -3.94. The molecule has 0 spiro atoms. The van der Waals surface area contributed by atoms with Gasteiger partial charge in [-0.1, -0.05) is 65.7 Å². The first-order valence-electron chi connectivity index (χ1n) is 11.4. The predicted octanol–water partition coefficient (Wildman–Crippen LogP) is 6.83. The number of aromatic hydroxyl groups is 1. The molecule has 0 fully saturated rings. The van der Waals surface area contributed by atoms with Crippen molar-refractivity contribution in [3.05, 3.63) is 112 Å². The first-order chi connectivity index (χ1) is 18.2. The van der Waals surface area contributed by atoms with Gasteiger partial charge in [0.15, 0.2) is 0 Å². The average Bonchev–Trinajstić information content (AvgIpc) is 2.91. The zero-order valence-electron chi connectivity index (χ0n) is 20.0. The molecule has 38 heavy (non-hydrogen) atoms. The zero-order valence-corrected chi connectivity index (χ0v) is 21.5. The minimum atomic E-state index is -1.05. The van der Waals surface area contributed by atoms with Crippen LogP contribution in [0, 0.1) is 11.6 Å². The molecule has 9 heteroatoms. The number of ether oxygens (including phenoxy) is 1. The maximum atomic E-state index is 13.6. The highest BCUT2D eigenvalue weighted by Gasteiger charge is 2.24. The number of nitrogens with one attached hydrogen (secondary N) is 1. The highest BCUT2D eigenvalue weighted by atomic mass is 35.5. The highest BCUT2D eigenvalue weighted by molar-refractivity contribution is 6.31. The van der Waals surface area contributed by atoms with Crippen LogP contribution in [0.1, 0.15) is 15.9 Å². The molecule has 0 saturated heterocycles. The van der Waals surface area contributed by atoms with Crippen molar-refractivity contribution in [1.29, 1.82) is 0 Å². The normalized spacial score (nSPS) is 11.6. The lowest BCUT2D eigenvalue weighted by Gasteiger charge is -2.18. The van der Waals surface area contributed by atoms with Crippen molar-refractivity contribution in [3.63, 3.8) is 0 Å². The summed E-state index contributed by atoms with van der Waals surface area (Å²) in [4.78, 5) is 25.6. The van der Waals surface area contributed by atoms with Crippen molar-refractivity contribution in [2.75, 3.05) is 7.11 Å². The Balaban J connectivity index is 1.54. The SMILES string of the molecule is COC(=O)C(Cc1ccc(-c2ccc(F)c(Cl)c2)cc1)NC(=O)c1cc(-c2ccc(F)c(Cl)c2)ccc1O. The van der Waals surface area contributed by atoms with Crippen molar-refractivity contribution < 1.29 is 28.2 Å². The average molecular weight is 556 g/mol. The minimum Gasteiger partial charge on any atom is -0.507 e. The summed E-state index contributed by atoms with van der Waals surface area (Å²) in [6, 6.07) is 18.9. The largest absolute Gasteiger partial charge is 0.507 e. The van der Waals surface area contributed by atoms with Crippen LogP contribution in [-0.4, -0.2) is 30.1 Å². The van der Waals surface area contributed by atoms with E-state index in [0.717, 1.165) is 16.7 Å². The molecule has 0 heterocycles. The standard InChI is InChI=1S/C29H21Cl2F2NO4/c1-38-29(37)26(12-16-2-4-17(5-3-16)19-6-9-24(32)22(30)14-19)34-28(36)21-13-18(8-11-27(21)35)20-7-10-25(33)23(31)15-20/h2-11,13-15,26,35H,12H2,1H3,(H,34,36). The lowest BCUT2D eigenvalue weighted by atomic mass is 9.99. The topological polar surface area (TPSA) is 75.6 Å². The van der Waals surface area contributed by atoms with E-state index >= 15 is 0 Å². The van der Waals surface area contributed by atoms with E-state index in [-0.39, 0.29) is 27.8 Å². The minimum absolute atomic E-state index is 0.00916. The highest BCUT2D eigenvalue weighted by Crippen LogP contribution is 2.29. The molecule has 5 nitrogen and oxygen atoms in total. The van der Waals surface area contributed by atoms with Gasteiger partial charge in [0.25, 0.3) is 5.91 Å². The van der Waals surface area contributed by atoms with E-state index in [1.807, 2.05) is 0 Å². The van der Waals surface area contributed by atoms with Crippen LogP contribution < -0.4 is 5.32 Å². The monoisotopic (exact) mass is 555 g/mol. The summed E-state index contributed by atoms with van der Waals surface area (Å²) in [7, 11) is 1.21. The summed E-state index contributed by atoms with van der Waals surface area (Å²) < 4.78 is 31.9. The third-order valence-corrected chi connectivity index (χ3v) is 6.51. The van der Waals surface area contributed by atoms with Crippen LogP contribution in [0.5, 0.6) is 5.75 Å². The number of rotatable bonds is 7. The molecule has 0 aliphatic carbocycles. The third-order valence-electron chi connectivity index (χ3n) is 5.93. The fraction of sp³-hybridized carbons (Fsp3) is 0.103. The Labute approximate surface area is 227 Å². The molecule has 0 bridgehead atoms. The van der Waals surface area contributed by atoms with E-state index in [1.54, 1.807) is 36.4 Å². The van der Waals surface area contributed by atoms with Crippen LogP contribution in [0.25, 0.3) is 22.3 Å². The summed E-state index contributed by atoms with van der Waals surface area (Å²) >= 11 is 11.8. The Morgan fingerprint density at radius 3 is 1.87 bits per heavy atom. The van der Waals surface area contributed by atoms with Crippen molar-refractivity contribution in [2.45, 2.75) is 12.5 Å². The van der Waals surface area contributed by atoms with E-state index in [0.29, 0.717) is 11.1 Å². The number of halogens is 4. The van der Waals surface area contributed by atoms with Gasteiger partial charge in [0, 0.05) is 6.42 Å². The molecule has 4 aromatic carbocycles. The summed E-state index contributed by atoms with van der Waals surface area (Å²) in [5, 5.41) is 12.9. The molecule has 0 aliphatic heterocycles. The Kier molecular flexibility index (Phi) is 8.29. The van der Waals surface area contributed by atoms with Crippen molar-refractivity contribution in [3.8, 4) is 28.0 Å². The number of phenols is 1. The second kappa shape index (κ2) is 11.6. The molecule has 1 amide bonds. The molecule has 1 unspecified atom stereocenters. The number of carbonyl (C=O) groups excluding carboxylic acids is 2. The number of hydrogen-bond donors (Lipinski definition) is 2. The van der Waals surface area contributed by atoms with Gasteiger partial charge in [-0.05, 0) is 64.2 Å². The Bertz CT molecular complexity index is 1510. The van der Waals surface area contributed by atoms with Crippen molar-refractivity contribution in [2.24, 2.45) is 0 Å². The molecule has 4 aromatic rings. The van der Waals surface area contributed by atoms with Crippen LogP contribution in [0.3, 0.4) is 0 Å². The molecule has 2 N–H and O–H groups in total. The molecular weight excluding hydrogens is 535 g/mol. The zero-order chi connectivity index (χ0) is 27.4. The van der Waals surface area contributed by atoms with Gasteiger partial charge in [-0.25, -0.2) is 13.6 Å². The van der Waals surface area contributed by atoms with Gasteiger partial charge >= 0.3 is 5.97 Å². The molecule has 0 aromatic heterocycles. The molecule has 0 radical (unpaired) electrons. The van der Waals surface area contributed by atoms with E-state index < -0.39 is 29.6 Å². The van der Waals surface area contributed by atoms with Gasteiger partial charge in [0.05, 0.1) is 22.7 Å². The van der Waals surface area contributed by atoms with Gasteiger partial charge in [0.1, 0.15) is 23.4 Å². The first-order valence-corrected chi connectivity index (χ1v) is 12.1. The second-order valence-corrected chi connectivity index (χ2v) is 9.25. The number of methoxy groups -OCH3 is 1. The molecule has 0 aliphatic rings. The van der Waals surface area contributed by atoms with Crippen LogP contribution in [-0.2, 0) is 16.0 Å². The lowest BCUT2D eigenvalue weighted by molar-refractivity contribution is -0.142. The molecule has 194 valence electrons. The maximum Gasteiger partial charge on any atom is 0.328 e. The van der Waals surface area contributed by atoms with E-state index in [2.05, 4.69) is 5.32 Å². The quantitative estimate of drug-likeness (QED) is 0.245. The van der Waals surface area contributed by atoms with Gasteiger partial charge in [-0.15, -0.1) is 0 Å². The van der Waals surface area contributed by atoms with Crippen LogP contribution in [0.2, 0.25) is 10.0 Å². The van der Waals surface area contributed by atoms with Gasteiger partial charge < -0.3 is 15.2 Å². The summed E-state index contributed by atoms with van der Waals surface area (Å²) in [5.41, 5.74) is 3.20. The van der Waals surface area contributed by atoms with E-state index in [4.69, 9.17) is 27.9 Å². The van der Waals surface area contributed by atoms with Crippen LogP contribution in [0.15, 0.2) is 78.9 Å². The molecule has 4 rings (SSSR count). The van der Waals surface area contributed by atoms with Gasteiger partial charge in [-0.2, -0.15) is 0 Å². The van der Waals surface area contributed by atoms with Crippen LogP contribution >= 0.6 is 23.2 Å². The molecular formula is C29H21Cl2F2NO4. The number of carbonyl (C=O) groups is 2. The van der Waals surface area contributed by atoms with Crippen LogP contribution in [0.4, 0.5) is 8.78 Å². The van der Waals surface area contributed by atoms with Gasteiger partial charge in [0.2, 0.25) is 0 Å². The summed E-state index contributed by atoms with van der Waals surface area (Å²) in [5.74, 6) is -2.77. The maximum absolute atomic E-state index is 13.6. The number of amides is 1. The van der Waals surface area contributed by atoms with Crippen molar-refractivity contribution in [1.82, 2.24) is 5.32 Å². The first kappa shape index (κ1) is 27.1. The Morgan fingerprint density at radius 1 is 0.816 bits per heavy atom. The van der Waals surface area contributed by atoms with E-state index in [9.17, 15) is 23.5 Å². The second-order valence-electron chi connectivity index (χ2n) is 8.44. The number of esters is 1. The number of hydrogen-bond acceptors (Lipinski definition) is 4. The third kappa shape index (κ3) is 6.13. The van der Waals surface area contributed by atoms with E-state index in [1.165, 1.54) is 49.6 Å². The Morgan fingerprint density at radius 2 is 1.32 bits per heavy atom. The molecule has 0 saturated carbocycles. The molecule has 1 atom stereocenters.